The molecular weight excluding hydrogens is 400 g/mol. The largest absolute Gasteiger partial charge is 0.489 e. The fraction of sp³-hybridized carbons (Fsp3) is 0.143. The second-order valence-corrected chi connectivity index (χ2v) is 7.58. The number of ether oxygens (including phenoxy) is 2. The van der Waals surface area contributed by atoms with Crippen LogP contribution in [0.4, 0.5) is 0 Å². The van der Waals surface area contributed by atoms with Crippen LogP contribution in [-0.4, -0.2) is 10.2 Å². The van der Waals surface area contributed by atoms with Gasteiger partial charge in [-0.1, -0.05) is 72.8 Å². The highest BCUT2D eigenvalue weighted by molar-refractivity contribution is 5.64. The fourth-order valence-electron chi connectivity index (χ4n) is 3.30. The predicted molar refractivity (Wildman–Crippen MR) is 125 cm³/mol. The highest BCUT2D eigenvalue weighted by Crippen LogP contribution is 2.22. The average Bonchev–Trinajstić information content (AvgIpc) is 2.87. The maximum Gasteiger partial charge on any atom is 0.119 e. The van der Waals surface area contributed by atoms with Gasteiger partial charge in [-0.2, -0.15) is 0 Å². The third kappa shape index (κ3) is 5.76. The first-order valence-electron chi connectivity index (χ1n) is 10.6. The lowest BCUT2D eigenvalue weighted by molar-refractivity contribution is 0.280. The molecular formula is C28H26O4. The Morgan fingerprint density at radius 3 is 1.03 bits per heavy atom. The molecule has 0 aliphatic carbocycles. The Balaban J connectivity index is 1.31. The molecule has 0 amide bonds. The first kappa shape index (κ1) is 21.6. The van der Waals surface area contributed by atoms with E-state index in [1.54, 1.807) is 0 Å². The third-order valence-electron chi connectivity index (χ3n) is 5.26. The summed E-state index contributed by atoms with van der Waals surface area (Å²) >= 11 is 0. The number of aliphatic hydroxyl groups excluding tert-OH is 2. The molecule has 0 heterocycles. The normalized spacial score (nSPS) is 10.7. The minimum atomic E-state index is 0.0367. The summed E-state index contributed by atoms with van der Waals surface area (Å²) in [5, 5.41) is 18.2. The van der Waals surface area contributed by atoms with E-state index >= 15 is 0 Å². The smallest absolute Gasteiger partial charge is 0.119 e. The molecule has 0 spiro atoms. The Hall–Kier alpha value is -3.60. The summed E-state index contributed by atoms with van der Waals surface area (Å²) in [5.74, 6) is 1.57. The van der Waals surface area contributed by atoms with Crippen LogP contribution >= 0.6 is 0 Å². The minimum Gasteiger partial charge on any atom is -0.489 e. The highest BCUT2D eigenvalue weighted by Gasteiger charge is 2.02. The van der Waals surface area contributed by atoms with Gasteiger partial charge in [-0.15, -0.1) is 0 Å². The van der Waals surface area contributed by atoms with Crippen LogP contribution < -0.4 is 9.47 Å². The van der Waals surface area contributed by atoms with Crippen molar-refractivity contribution in [2.24, 2.45) is 0 Å². The van der Waals surface area contributed by atoms with Gasteiger partial charge in [0, 0.05) is 0 Å². The molecule has 0 aromatic heterocycles. The van der Waals surface area contributed by atoms with Crippen molar-refractivity contribution in [2.45, 2.75) is 26.4 Å². The first-order chi connectivity index (χ1) is 15.7. The van der Waals surface area contributed by atoms with Crippen molar-refractivity contribution < 1.29 is 19.7 Å². The SMILES string of the molecule is OCc1ccc(OCc2ccc(-c3ccc(COc4ccc(CO)cc4)cc3)cc2)cc1. The number of aliphatic hydroxyl groups is 2. The van der Waals surface area contributed by atoms with E-state index in [4.69, 9.17) is 19.7 Å². The van der Waals surface area contributed by atoms with E-state index in [1.165, 1.54) is 0 Å². The Bertz CT molecular complexity index is 1010. The average molecular weight is 427 g/mol. The number of rotatable bonds is 9. The Labute approximate surface area is 188 Å². The van der Waals surface area contributed by atoms with Gasteiger partial charge in [0.05, 0.1) is 13.2 Å². The van der Waals surface area contributed by atoms with Gasteiger partial charge in [0.2, 0.25) is 0 Å². The number of hydrogen-bond donors (Lipinski definition) is 2. The van der Waals surface area contributed by atoms with Gasteiger partial charge in [0.15, 0.2) is 0 Å². The zero-order chi connectivity index (χ0) is 22.2. The molecule has 4 rings (SSSR count). The van der Waals surface area contributed by atoms with Crippen LogP contribution in [0.2, 0.25) is 0 Å². The lowest BCUT2D eigenvalue weighted by atomic mass is 10.0. The van der Waals surface area contributed by atoms with Gasteiger partial charge in [-0.25, -0.2) is 0 Å². The van der Waals surface area contributed by atoms with Gasteiger partial charge in [-0.05, 0) is 57.6 Å². The molecule has 32 heavy (non-hydrogen) atoms. The molecule has 0 unspecified atom stereocenters. The van der Waals surface area contributed by atoms with Crippen LogP contribution in [0.3, 0.4) is 0 Å². The van der Waals surface area contributed by atoms with E-state index in [-0.39, 0.29) is 13.2 Å². The summed E-state index contributed by atoms with van der Waals surface area (Å²) in [6.45, 7) is 1.06. The molecule has 4 aromatic carbocycles. The monoisotopic (exact) mass is 426 g/mol. The van der Waals surface area contributed by atoms with Gasteiger partial charge in [0.1, 0.15) is 24.7 Å². The van der Waals surface area contributed by atoms with Crippen LogP contribution in [0.1, 0.15) is 22.3 Å². The van der Waals surface area contributed by atoms with Crippen LogP contribution in [0.25, 0.3) is 11.1 Å². The fourth-order valence-corrected chi connectivity index (χ4v) is 3.30. The lowest BCUT2D eigenvalue weighted by Crippen LogP contribution is -1.96. The van der Waals surface area contributed by atoms with Crippen molar-refractivity contribution in [3.8, 4) is 22.6 Å². The van der Waals surface area contributed by atoms with Gasteiger partial charge >= 0.3 is 0 Å². The Morgan fingerprint density at radius 2 is 0.719 bits per heavy atom. The van der Waals surface area contributed by atoms with E-state index < -0.39 is 0 Å². The molecule has 0 bridgehead atoms. The summed E-state index contributed by atoms with van der Waals surface area (Å²) in [5.41, 5.74) is 6.22. The molecule has 0 fully saturated rings. The second-order valence-electron chi connectivity index (χ2n) is 7.58. The Morgan fingerprint density at radius 1 is 0.406 bits per heavy atom. The first-order valence-corrected chi connectivity index (χ1v) is 10.6. The maximum atomic E-state index is 9.11. The number of benzene rings is 4. The summed E-state index contributed by atoms with van der Waals surface area (Å²) in [6.07, 6.45) is 0. The molecule has 0 saturated carbocycles. The zero-order valence-corrected chi connectivity index (χ0v) is 17.8. The topological polar surface area (TPSA) is 58.9 Å². The molecule has 4 aromatic rings. The lowest BCUT2D eigenvalue weighted by Gasteiger charge is -2.09. The van der Waals surface area contributed by atoms with Crippen molar-refractivity contribution in [2.75, 3.05) is 0 Å². The molecule has 4 nitrogen and oxygen atoms in total. The maximum absolute atomic E-state index is 9.11. The summed E-state index contributed by atoms with van der Waals surface area (Å²) in [6, 6.07) is 31.6. The Kier molecular flexibility index (Phi) is 7.18. The van der Waals surface area contributed by atoms with Gasteiger partial charge in [0.25, 0.3) is 0 Å². The third-order valence-corrected chi connectivity index (χ3v) is 5.26. The molecule has 0 radical (unpaired) electrons. The number of hydrogen-bond acceptors (Lipinski definition) is 4. The summed E-state index contributed by atoms with van der Waals surface area (Å²) in [7, 11) is 0. The van der Waals surface area contributed by atoms with Crippen molar-refractivity contribution in [1.29, 1.82) is 0 Å². The molecule has 0 aliphatic rings. The van der Waals surface area contributed by atoms with Crippen LogP contribution in [-0.2, 0) is 26.4 Å². The summed E-state index contributed by atoms with van der Waals surface area (Å²) in [4.78, 5) is 0. The van der Waals surface area contributed by atoms with Crippen LogP contribution in [0.15, 0.2) is 97.1 Å². The van der Waals surface area contributed by atoms with Crippen molar-refractivity contribution in [3.05, 3.63) is 119 Å². The van der Waals surface area contributed by atoms with Crippen molar-refractivity contribution in [1.82, 2.24) is 0 Å². The van der Waals surface area contributed by atoms with E-state index in [2.05, 4.69) is 48.5 Å². The van der Waals surface area contributed by atoms with Gasteiger partial charge < -0.3 is 19.7 Å². The van der Waals surface area contributed by atoms with E-state index in [0.29, 0.717) is 13.2 Å². The van der Waals surface area contributed by atoms with E-state index in [9.17, 15) is 0 Å². The van der Waals surface area contributed by atoms with Gasteiger partial charge in [-0.3, -0.25) is 0 Å². The van der Waals surface area contributed by atoms with Crippen molar-refractivity contribution in [3.63, 3.8) is 0 Å². The molecule has 0 aliphatic heterocycles. The quantitative estimate of drug-likeness (QED) is 0.371. The molecule has 2 N–H and O–H groups in total. The standard InChI is InChI=1S/C28H26O4/c29-17-21-5-13-27(14-6-21)31-19-23-1-9-25(10-2-23)26-11-3-24(4-12-26)20-32-28-15-7-22(18-30)8-16-28/h1-16,29-30H,17-20H2. The minimum absolute atomic E-state index is 0.0367. The summed E-state index contributed by atoms with van der Waals surface area (Å²) < 4.78 is 11.6. The predicted octanol–water partition coefficient (Wildman–Crippen LogP) is 5.50. The second kappa shape index (κ2) is 10.6. The van der Waals surface area contributed by atoms with Crippen LogP contribution in [0.5, 0.6) is 11.5 Å². The molecule has 162 valence electrons. The molecule has 0 atom stereocenters. The van der Waals surface area contributed by atoms with Crippen LogP contribution in [0, 0.1) is 0 Å². The highest BCUT2D eigenvalue weighted by atomic mass is 16.5. The van der Waals surface area contributed by atoms with E-state index in [1.807, 2.05) is 48.5 Å². The molecule has 0 saturated heterocycles. The zero-order valence-electron chi connectivity index (χ0n) is 17.8. The van der Waals surface area contributed by atoms with E-state index in [0.717, 1.165) is 44.9 Å². The van der Waals surface area contributed by atoms with Crippen molar-refractivity contribution >= 4 is 0 Å². The molecule has 4 heteroatoms.